The number of rotatable bonds is 7. The summed E-state index contributed by atoms with van der Waals surface area (Å²) in [5, 5.41) is 2.43. The third-order valence-corrected chi connectivity index (χ3v) is 2.87. The van der Waals surface area contributed by atoms with E-state index in [-0.39, 0.29) is 18.9 Å². The molecular weight excluding hydrogens is 280 g/mol. The molecule has 0 fully saturated rings. The molecule has 1 rings (SSSR count). The van der Waals surface area contributed by atoms with Crippen LogP contribution >= 0.6 is 0 Å². The van der Waals surface area contributed by atoms with Crippen molar-refractivity contribution in [2.45, 2.75) is 33.6 Å². The van der Waals surface area contributed by atoms with Crippen LogP contribution in [0.1, 0.15) is 32.3 Å². The summed E-state index contributed by atoms with van der Waals surface area (Å²) < 4.78 is 0. The predicted molar refractivity (Wildman–Crippen MR) is 87.0 cm³/mol. The van der Waals surface area contributed by atoms with Gasteiger partial charge in [0.25, 0.3) is 0 Å². The molecule has 0 aliphatic carbocycles. The first-order valence-electron chi connectivity index (χ1n) is 7.38. The average molecular weight is 306 g/mol. The van der Waals surface area contributed by atoms with E-state index in [1.165, 1.54) is 5.56 Å². The Hall–Kier alpha value is -2.17. The van der Waals surface area contributed by atoms with E-state index in [0.717, 1.165) is 0 Å². The Morgan fingerprint density at radius 1 is 1.23 bits per heavy atom. The van der Waals surface area contributed by atoms with Crippen LogP contribution < -0.4 is 11.1 Å². The Kier molecular flexibility index (Phi) is 10.4. The Morgan fingerprint density at radius 2 is 1.82 bits per heavy atom. The lowest BCUT2D eigenvalue weighted by Crippen LogP contribution is -2.35. The van der Waals surface area contributed by atoms with Gasteiger partial charge < -0.3 is 15.8 Å². The van der Waals surface area contributed by atoms with E-state index in [4.69, 9.17) is 5.73 Å². The minimum atomic E-state index is -0.498. The average Bonchev–Trinajstić information content (AvgIpc) is 2.44. The molecule has 1 atom stereocenters. The second-order valence-electron chi connectivity index (χ2n) is 5.56. The van der Waals surface area contributed by atoms with E-state index in [1.807, 2.05) is 32.0 Å². The number of nitrogens with two attached hydrogens (primary N) is 1. The highest BCUT2D eigenvalue weighted by Crippen LogP contribution is 2.15. The van der Waals surface area contributed by atoms with Gasteiger partial charge in [-0.1, -0.05) is 49.7 Å². The monoisotopic (exact) mass is 306 g/mol. The maximum atomic E-state index is 11.5. The van der Waals surface area contributed by atoms with Crippen molar-refractivity contribution in [3.05, 3.63) is 35.9 Å². The van der Waals surface area contributed by atoms with Crippen LogP contribution in [0.15, 0.2) is 30.3 Å². The standard InChI is InChI=1S/C10H18N2O3.C7H8/c1-7(2)5-8(6-9(11)14)10(15)12-3-4-13;1-7-5-3-2-4-6-7/h4,7-8H,3,5-6H2,1-2H3,(H2,11,14)(H,12,15);2-6H,1H3. The molecule has 5 nitrogen and oxygen atoms in total. The van der Waals surface area contributed by atoms with Crippen molar-refractivity contribution < 1.29 is 14.4 Å². The van der Waals surface area contributed by atoms with Crippen molar-refractivity contribution in [1.29, 1.82) is 0 Å². The van der Waals surface area contributed by atoms with Gasteiger partial charge in [0.2, 0.25) is 11.8 Å². The molecule has 22 heavy (non-hydrogen) atoms. The molecule has 0 bridgehead atoms. The molecule has 0 spiro atoms. The molecule has 5 heteroatoms. The Labute approximate surface area is 132 Å². The van der Waals surface area contributed by atoms with E-state index in [1.54, 1.807) is 0 Å². The van der Waals surface area contributed by atoms with Crippen molar-refractivity contribution in [3.63, 3.8) is 0 Å². The van der Waals surface area contributed by atoms with Crippen LogP contribution in [-0.4, -0.2) is 24.6 Å². The van der Waals surface area contributed by atoms with Crippen LogP contribution in [-0.2, 0) is 14.4 Å². The van der Waals surface area contributed by atoms with Gasteiger partial charge in [-0.05, 0) is 19.3 Å². The Balaban J connectivity index is 0.000000518. The van der Waals surface area contributed by atoms with E-state index in [9.17, 15) is 14.4 Å². The molecule has 3 N–H and O–H groups in total. The molecule has 0 radical (unpaired) electrons. The second-order valence-corrected chi connectivity index (χ2v) is 5.56. The summed E-state index contributed by atoms with van der Waals surface area (Å²) in [6.07, 6.45) is 1.23. The van der Waals surface area contributed by atoms with Crippen molar-refractivity contribution >= 4 is 18.1 Å². The molecule has 1 aromatic carbocycles. The van der Waals surface area contributed by atoms with E-state index >= 15 is 0 Å². The predicted octanol–water partition coefficient (Wildman–Crippen LogP) is 1.83. The minimum Gasteiger partial charge on any atom is -0.370 e. The van der Waals surface area contributed by atoms with Crippen molar-refractivity contribution in [2.75, 3.05) is 6.54 Å². The highest BCUT2D eigenvalue weighted by atomic mass is 16.2. The lowest BCUT2D eigenvalue weighted by molar-refractivity contribution is -0.130. The third-order valence-electron chi connectivity index (χ3n) is 2.87. The number of aryl methyl sites for hydroxylation is 1. The fourth-order valence-electron chi connectivity index (χ4n) is 1.92. The smallest absolute Gasteiger partial charge is 0.223 e. The number of amides is 2. The first-order valence-corrected chi connectivity index (χ1v) is 7.38. The topological polar surface area (TPSA) is 89.3 Å². The molecule has 0 saturated carbocycles. The lowest BCUT2D eigenvalue weighted by atomic mass is 9.93. The van der Waals surface area contributed by atoms with E-state index in [0.29, 0.717) is 18.6 Å². The molecule has 2 amide bonds. The molecule has 0 aliphatic heterocycles. The summed E-state index contributed by atoms with van der Waals surface area (Å²) in [6, 6.07) is 10.3. The highest BCUT2D eigenvalue weighted by molar-refractivity contribution is 5.86. The number of nitrogens with one attached hydrogen (secondary N) is 1. The fraction of sp³-hybridized carbons (Fsp3) is 0.471. The van der Waals surface area contributed by atoms with Gasteiger partial charge >= 0.3 is 0 Å². The van der Waals surface area contributed by atoms with Crippen molar-refractivity contribution in [3.8, 4) is 0 Å². The van der Waals surface area contributed by atoms with E-state index < -0.39 is 11.8 Å². The molecule has 1 unspecified atom stereocenters. The number of aldehydes is 1. The third kappa shape index (κ3) is 10.6. The largest absolute Gasteiger partial charge is 0.370 e. The zero-order valence-electron chi connectivity index (χ0n) is 13.5. The summed E-state index contributed by atoms with van der Waals surface area (Å²) in [5.74, 6) is -0.907. The van der Waals surface area contributed by atoms with Crippen LogP contribution in [0.5, 0.6) is 0 Å². The quantitative estimate of drug-likeness (QED) is 0.753. The summed E-state index contributed by atoms with van der Waals surface area (Å²) in [5.41, 5.74) is 6.37. The van der Waals surface area contributed by atoms with Gasteiger partial charge in [-0.2, -0.15) is 0 Å². The van der Waals surface area contributed by atoms with Crippen molar-refractivity contribution in [1.82, 2.24) is 5.32 Å². The number of hydrogen-bond acceptors (Lipinski definition) is 3. The van der Waals surface area contributed by atoms with Gasteiger partial charge in [0, 0.05) is 12.3 Å². The zero-order chi connectivity index (χ0) is 17.0. The number of carbonyl (C=O) groups is 3. The first kappa shape index (κ1) is 19.8. The van der Waals surface area contributed by atoms with Crippen LogP contribution in [0.4, 0.5) is 0 Å². The Bertz CT molecular complexity index is 458. The second kappa shape index (κ2) is 11.5. The summed E-state index contributed by atoms with van der Waals surface area (Å²) >= 11 is 0. The SMILES string of the molecule is CC(C)CC(CC(N)=O)C(=O)NCC=O.Cc1ccccc1. The van der Waals surface area contributed by atoms with Crippen molar-refractivity contribution in [2.24, 2.45) is 17.6 Å². The normalized spacial score (nSPS) is 11.1. The molecular formula is C17H26N2O3. The van der Waals surface area contributed by atoms with Gasteiger partial charge in [-0.25, -0.2) is 0 Å². The number of hydrogen-bond donors (Lipinski definition) is 2. The summed E-state index contributed by atoms with van der Waals surface area (Å²) in [7, 11) is 0. The molecule has 1 aromatic rings. The van der Waals surface area contributed by atoms with Crippen LogP contribution in [0.25, 0.3) is 0 Å². The molecule has 0 heterocycles. The summed E-state index contributed by atoms with van der Waals surface area (Å²) in [6.45, 7) is 5.98. The number of benzene rings is 1. The van der Waals surface area contributed by atoms with Crippen LogP contribution in [0.2, 0.25) is 0 Å². The Morgan fingerprint density at radius 3 is 2.18 bits per heavy atom. The van der Waals surface area contributed by atoms with Gasteiger partial charge in [-0.15, -0.1) is 0 Å². The van der Waals surface area contributed by atoms with Gasteiger partial charge in [0.15, 0.2) is 0 Å². The van der Waals surface area contributed by atoms with Gasteiger partial charge in [0.1, 0.15) is 6.29 Å². The number of primary amides is 1. The first-order chi connectivity index (χ1) is 10.4. The minimum absolute atomic E-state index is 0.0216. The van der Waals surface area contributed by atoms with Gasteiger partial charge in [0.05, 0.1) is 6.54 Å². The molecule has 0 aliphatic rings. The zero-order valence-corrected chi connectivity index (χ0v) is 13.5. The lowest BCUT2D eigenvalue weighted by Gasteiger charge is -2.16. The highest BCUT2D eigenvalue weighted by Gasteiger charge is 2.21. The molecule has 0 saturated heterocycles. The maximum absolute atomic E-state index is 11.5. The van der Waals surface area contributed by atoms with E-state index in [2.05, 4.69) is 24.4 Å². The summed E-state index contributed by atoms with van der Waals surface area (Å²) in [4.78, 5) is 32.3. The molecule has 122 valence electrons. The van der Waals surface area contributed by atoms with Crippen LogP contribution in [0.3, 0.4) is 0 Å². The van der Waals surface area contributed by atoms with Crippen LogP contribution in [0, 0.1) is 18.8 Å². The molecule has 0 aromatic heterocycles. The van der Waals surface area contributed by atoms with Gasteiger partial charge in [-0.3, -0.25) is 9.59 Å². The maximum Gasteiger partial charge on any atom is 0.223 e. The number of carbonyl (C=O) groups excluding carboxylic acids is 3. The fourth-order valence-corrected chi connectivity index (χ4v) is 1.92.